The summed E-state index contributed by atoms with van der Waals surface area (Å²) < 4.78 is 33.2. The third kappa shape index (κ3) is 3.69. The monoisotopic (exact) mass is 394 g/mol. The van der Waals surface area contributed by atoms with E-state index < -0.39 is 68.6 Å². The molecule has 1 aliphatic rings. The molecule has 11 heteroatoms. The van der Waals surface area contributed by atoms with Crippen LogP contribution in [0.2, 0.25) is 0 Å². The van der Waals surface area contributed by atoms with Gasteiger partial charge in [-0.25, -0.2) is 4.79 Å². The summed E-state index contributed by atoms with van der Waals surface area (Å²) in [6.07, 6.45) is -0.697. The van der Waals surface area contributed by atoms with Crippen molar-refractivity contribution < 1.29 is 37.6 Å². The Bertz CT molecular complexity index is 699. The van der Waals surface area contributed by atoms with Crippen molar-refractivity contribution in [2.24, 2.45) is 16.6 Å². The third-order valence-corrected chi connectivity index (χ3v) is 6.89. The van der Waals surface area contributed by atoms with Gasteiger partial charge in [0.15, 0.2) is 0 Å². The fourth-order valence-electron chi connectivity index (χ4n) is 4.72. The second-order valence-corrected chi connectivity index (χ2v) is 9.41. The van der Waals surface area contributed by atoms with Crippen LogP contribution in [0, 0.1) is 10.8 Å². The summed E-state index contributed by atoms with van der Waals surface area (Å²) in [5.41, 5.74) is 3.28. The topological polar surface area (TPSA) is 175 Å². The number of amides is 1. The number of nitrogens with zero attached hydrogens (tertiary/aromatic N) is 1. The van der Waals surface area contributed by atoms with Crippen molar-refractivity contribution >= 4 is 28.0 Å². The fraction of sp³-hybridized carbons (Fsp3) is 0.800. The molecule has 1 amide bonds. The van der Waals surface area contributed by atoms with Crippen molar-refractivity contribution in [3.8, 4) is 0 Å². The van der Waals surface area contributed by atoms with E-state index in [0.29, 0.717) is 0 Å². The van der Waals surface area contributed by atoms with Crippen LogP contribution < -0.4 is 5.73 Å². The Morgan fingerprint density at radius 3 is 1.85 bits per heavy atom. The lowest BCUT2D eigenvalue weighted by atomic mass is 9.50. The first-order chi connectivity index (χ1) is 11.5. The second-order valence-electron chi connectivity index (χ2n) is 7.90. The highest BCUT2D eigenvalue weighted by molar-refractivity contribution is 7.86. The van der Waals surface area contributed by atoms with Crippen molar-refractivity contribution in [3.63, 3.8) is 0 Å². The molecular formula is C15H26N2O8S. The van der Waals surface area contributed by atoms with Gasteiger partial charge < -0.3 is 20.8 Å². The molecule has 0 heterocycles. The van der Waals surface area contributed by atoms with Gasteiger partial charge in [-0.1, -0.05) is 27.7 Å². The lowest BCUT2D eigenvalue weighted by Gasteiger charge is -2.65. The molecule has 1 rings (SSSR count). The summed E-state index contributed by atoms with van der Waals surface area (Å²) in [5.74, 6) is -3.57. The number of hydrogen-bond donors (Lipinski definition) is 4. The van der Waals surface area contributed by atoms with Gasteiger partial charge in [0.1, 0.15) is 11.3 Å². The summed E-state index contributed by atoms with van der Waals surface area (Å²) in [4.78, 5) is 36.1. The van der Waals surface area contributed by atoms with E-state index in [2.05, 4.69) is 0 Å². The molecule has 150 valence electrons. The Balaban J connectivity index is 3.43. The van der Waals surface area contributed by atoms with Gasteiger partial charge in [-0.15, -0.1) is 0 Å². The first-order valence-electron chi connectivity index (χ1n) is 7.96. The number of nitrogens with two attached hydrogens (primary N) is 1. The van der Waals surface area contributed by atoms with Crippen LogP contribution in [-0.2, 0) is 24.5 Å². The number of rotatable bonds is 7. The van der Waals surface area contributed by atoms with Gasteiger partial charge in [0.05, 0.1) is 12.5 Å². The maximum atomic E-state index is 12.8. The molecule has 5 N–H and O–H groups in total. The highest BCUT2D eigenvalue weighted by Crippen LogP contribution is 2.59. The van der Waals surface area contributed by atoms with E-state index in [-0.39, 0.29) is 0 Å². The Morgan fingerprint density at radius 2 is 1.54 bits per heavy atom. The van der Waals surface area contributed by atoms with Gasteiger partial charge in [0, 0.05) is 16.9 Å². The van der Waals surface area contributed by atoms with Crippen LogP contribution in [0.25, 0.3) is 0 Å². The molecule has 0 aliphatic heterocycles. The van der Waals surface area contributed by atoms with Crippen LogP contribution in [-0.4, -0.2) is 69.3 Å². The Hall–Kier alpha value is -1.72. The molecule has 0 saturated heterocycles. The standard InChI is InChI=1S/C15H26N2O8S/c1-7(11(21)22)17(10(20)8(16)6-9(18)19)12-14(2,3)13(15(12,4)5)26(23,24)25/h7-8,12-13H,6,16H2,1-5H3,(H,18,19)(H,21,22)(H,23,24,25)/t7-,8-,12?,13?/m1/s1. The minimum atomic E-state index is -4.47. The van der Waals surface area contributed by atoms with Crippen LogP contribution in [0.15, 0.2) is 0 Å². The highest BCUT2D eigenvalue weighted by Gasteiger charge is 2.70. The van der Waals surface area contributed by atoms with E-state index in [1.165, 1.54) is 34.6 Å². The molecule has 26 heavy (non-hydrogen) atoms. The van der Waals surface area contributed by atoms with Crippen LogP contribution in [0.5, 0.6) is 0 Å². The normalized spacial score (nSPS) is 26.3. The van der Waals surface area contributed by atoms with Gasteiger partial charge >= 0.3 is 11.9 Å². The molecule has 0 bridgehead atoms. The van der Waals surface area contributed by atoms with Gasteiger partial charge in [0.25, 0.3) is 10.1 Å². The zero-order chi connectivity index (χ0) is 20.8. The summed E-state index contributed by atoms with van der Waals surface area (Å²) in [5, 5.41) is 17.0. The van der Waals surface area contributed by atoms with Crippen LogP contribution in [0.1, 0.15) is 41.0 Å². The van der Waals surface area contributed by atoms with Crippen molar-refractivity contribution in [1.82, 2.24) is 4.90 Å². The maximum absolute atomic E-state index is 12.8. The van der Waals surface area contributed by atoms with Gasteiger partial charge in [-0.05, 0) is 6.92 Å². The van der Waals surface area contributed by atoms with Crippen molar-refractivity contribution in [1.29, 1.82) is 0 Å². The van der Waals surface area contributed by atoms with E-state index in [4.69, 9.17) is 10.8 Å². The van der Waals surface area contributed by atoms with Crippen molar-refractivity contribution in [2.45, 2.75) is 64.4 Å². The molecular weight excluding hydrogens is 368 g/mol. The van der Waals surface area contributed by atoms with Crippen LogP contribution in [0.3, 0.4) is 0 Å². The van der Waals surface area contributed by atoms with E-state index in [1.807, 2.05) is 0 Å². The molecule has 2 atom stereocenters. The lowest BCUT2D eigenvalue weighted by Crippen LogP contribution is -2.77. The molecule has 0 aromatic carbocycles. The van der Waals surface area contributed by atoms with E-state index >= 15 is 0 Å². The Labute approximate surface area is 152 Å². The average Bonchev–Trinajstić information content (AvgIpc) is 2.38. The lowest BCUT2D eigenvalue weighted by molar-refractivity contribution is -0.173. The fourth-order valence-corrected chi connectivity index (χ4v) is 6.51. The molecule has 0 radical (unpaired) electrons. The van der Waals surface area contributed by atoms with Crippen molar-refractivity contribution in [2.75, 3.05) is 0 Å². The molecule has 0 spiro atoms. The number of aliphatic carboxylic acids is 2. The van der Waals surface area contributed by atoms with Crippen LogP contribution in [0.4, 0.5) is 0 Å². The Kier molecular flexibility index (Phi) is 5.82. The Morgan fingerprint density at radius 1 is 1.12 bits per heavy atom. The maximum Gasteiger partial charge on any atom is 0.326 e. The molecule has 1 aliphatic carbocycles. The highest BCUT2D eigenvalue weighted by atomic mass is 32.2. The van der Waals surface area contributed by atoms with E-state index in [9.17, 15) is 32.5 Å². The predicted molar refractivity (Wildman–Crippen MR) is 90.9 cm³/mol. The van der Waals surface area contributed by atoms with E-state index in [0.717, 1.165) is 4.90 Å². The molecule has 1 saturated carbocycles. The van der Waals surface area contributed by atoms with E-state index in [1.54, 1.807) is 0 Å². The quantitative estimate of drug-likeness (QED) is 0.425. The summed E-state index contributed by atoms with van der Waals surface area (Å²) in [7, 11) is -4.47. The van der Waals surface area contributed by atoms with Gasteiger partial charge in [-0.3, -0.25) is 14.1 Å². The predicted octanol–water partition coefficient (Wildman–Crippen LogP) is -0.219. The SMILES string of the molecule is C[C@H](C(=O)O)N(C(=O)[C@H](N)CC(=O)O)C1C(C)(C)C(S(=O)(=O)O)C1(C)C. The number of carboxylic acids is 2. The molecule has 0 aromatic heterocycles. The average molecular weight is 394 g/mol. The minimum absolute atomic E-state index is 0.697. The molecule has 0 aromatic rings. The number of hydrogen-bond acceptors (Lipinski definition) is 6. The zero-order valence-corrected chi connectivity index (χ0v) is 16.1. The van der Waals surface area contributed by atoms with Crippen LogP contribution >= 0.6 is 0 Å². The summed E-state index contributed by atoms with van der Waals surface area (Å²) >= 11 is 0. The minimum Gasteiger partial charge on any atom is -0.481 e. The number of carboxylic acid groups (broad SMARTS) is 2. The van der Waals surface area contributed by atoms with Gasteiger partial charge in [0.2, 0.25) is 5.91 Å². The second kappa shape index (κ2) is 6.78. The summed E-state index contributed by atoms with van der Waals surface area (Å²) in [6.45, 7) is 7.23. The third-order valence-electron chi connectivity index (χ3n) is 5.08. The smallest absolute Gasteiger partial charge is 0.326 e. The molecule has 1 fully saturated rings. The summed E-state index contributed by atoms with van der Waals surface area (Å²) in [6, 6.07) is -3.75. The number of carbonyl (C=O) groups excluding carboxylic acids is 1. The zero-order valence-electron chi connectivity index (χ0n) is 15.3. The number of carbonyl (C=O) groups is 3. The van der Waals surface area contributed by atoms with Crippen molar-refractivity contribution in [3.05, 3.63) is 0 Å². The van der Waals surface area contributed by atoms with Gasteiger partial charge in [-0.2, -0.15) is 8.42 Å². The molecule has 10 nitrogen and oxygen atoms in total. The molecule has 0 unspecified atom stereocenters. The first kappa shape index (κ1) is 22.3. The largest absolute Gasteiger partial charge is 0.481 e. The first-order valence-corrected chi connectivity index (χ1v) is 9.46.